The van der Waals surface area contributed by atoms with Crippen LogP contribution in [0, 0.1) is 6.08 Å². The Morgan fingerprint density at radius 3 is 2.43 bits per heavy atom. The van der Waals surface area contributed by atoms with E-state index in [1.165, 1.54) is 49.7 Å². The summed E-state index contributed by atoms with van der Waals surface area (Å²) in [5, 5.41) is 0. The van der Waals surface area contributed by atoms with Crippen LogP contribution in [-0.4, -0.2) is 7.11 Å². The fourth-order valence-corrected chi connectivity index (χ4v) is 2.31. The third kappa shape index (κ3) is 8.41. The smallest absolute Gasteiger partial charge is 0.101 e. The molecule has 0 heterocycles. The van der Waals surface area contributed by atoms with E-state index in [-0.39, 0.29) is 19.5 Å². The third-order valence-corrected chi connectivity index (χ3v) is 3.57. The van der Waals surface area contributed by atoms with Crippen LogP contribution in [0.5, 0.6) is 5.75 Å². The number of ether oxygens (including phenoxy) is 1. The van der Waals surface area contributed by atoms with Gasteiger partial charge in [0.1, 0.15) is 5.75 Å². The largest absolute Gasteiger partial charge is 0.498 e. The van der Waals surface area contributed by atoms with Crippen LogP contribution in [0.1, 0.15) is 70.8 Å². The van der Waals surface area contributed by atoms with E-state index in [0.717, 1.165) is 18.6 Å². The Kier molecular flexibility index (Phi) is 12.7. The maximum absolute atomic E-state index is 5.33. The van der Waals surface area contributed by atoms with Crippen LogP contribution in [0.4, 0.5) is 0 Å². The first-order chi connectivity index (χ1) is 9.81. The van der Waals surface area contributed by atoms with Crippen molar-refractivity contribution in [2.75, 3.05) is 7.11 Å². The molecule has 2 heteroatoms. The summed E-state index contributed by atoms with van der Waals surface area (Å²) in [5.74, 6) is 0.936. The summed E-state index contributed by atoms with van der Waals surface area (Å²) in [6.45, 7) is 4.49. The molecule has 0 bridgehead atoms. The second-order valence-electron chi connectivity index (χ2n) is 5.30. The molecule has 1 aromatic carbocycles. The molecule has 1 nitrogen and oxygen atoms in total. The summed E-state index contributed by atoms with van der Waals surface area (Å²) in [6.07, 6.45) is 13.5. The first kappa shape index (κ1) is 20.4. The van der Waals surface area contributed by atoms with Crippen molar-refractivity contribution in [2.24, 2.45) is 0 Å². The maximum atomic E-state index is 5.33. The quantitative estimate of drug-likeness (QED) is 0.287. The van der Waals surface area contributed by atoms with Gasteiger partial charge in [-0.1, -0.05) is 70.9 Å². The molecule has 0 saturated heterocycles. The van der Waals surface area contributed by atoms with E-state index in [9.17, 15) is 0 Å². The molecule has 1 aromatic rings. The van der Waals surface area contributed by atoms with Gasteiger partial charge < -0.3 is 4.74 Å². The van der Waals surface area contributed by atoms with Gasteiger partial charge in [0.2, 0.25) is 0 Å². The fraction of sp³-hybridized carbons (Fsp3) is 0.579. The number of unbranched alkanes of at least 4 members (excludes halogenated alkanes) is 5. The Morgan fingerprint density at radius 2 is 1.76 bits per heavy atom. The summed E-state index contributed by atoms with van der Waals surface area (Å²) in [6, 6.07) is 8.39. The Bertz CT molecular complexity index is 398. The molecule has 0 atom stereocenters. The fourth-order valence-electron chi connectivity index (χ4n) is 2.31. The van der Waals surface area contributed by atoms with Gasteiger partial charge in [-0.15, -0.1) is 12.5 Å². The van der Waals surface area contributed by atoms with Gasteiger partial charge in [-0.2, -0.15) is 5.56 Å². The zero-order valence-electron chi connectivity index (χ0n) is 14.1. The monoisotopic (exact) mass is 337 g/mol. The maximum Gasteiger partial charge on any atom is 0.101 e. The van der Waals surface area contributed by atoms with Crippen molar-refractivity contribution in [3.05, 3.63) is 35.9 Å². The number of rotatable bonds is 10. The van der Waals surface area contributed by atoms with Crippen molar-refractivity contribution < 1.29 is 24.2 Å². The van der Waals surface area contributed by atoms with E-state index in [4.69, 9.17) is 4.74 Å². The van der Waals surface area contributed by atoms with Crippen LogP contribution in [-0.2, 0) is 19.5 Å². The first-order valence-corrected chi connectivity index (χ1v) is 8.06. The Labute approximate surface area is 143 Å². The summed E-state index contributed by atoms with van der Waals surface area (Å²) >= 11 is 0. The SMILES string of the molecule is CCCCC[C-]=C(CCCCC)c1cccc(OC)c1.[Zn]. The number of methoxy groups -OCH3 is 1. The van der Waals surface area contributed by atoms with Gasteiger partial charge in [0.25, 0.3) is 0 Å². The molecule has 21 heavy (non-hydrogen) atoms. The minimum atomic E-state index is 0. The van der Waals surface area contributed by atoms with Gasteiger partial charge in [-0.05, 0) is 6.07 Å². The molecule has 0 saturated carbocycles. The number of hydrogen-bond acceptors (Lipinski definition) is 1. The van der Waals surface area contributed by atoms with E-state index in [0.29, 0.717) is 0 Å². The molecule has 0 aliphatic heterocycles. The van der Waals surface area contributed by atoms with Crippen LogP contribution in [0.3, 0.4) is 0 Å². The molecule has 0 N–H and O–H groups in total. The van der Waals surface area contributed by atoms with Crippen LogP contribution >= 0.6 is 0 Å². The van der Waals surface area contributed by atoms with Crippen molar-refractivity contribution in [3.8, 4) is 5.75 Å². The summed E-state index contributed by atoms with van der Waals surface area (Å²) in [7, 11) is 1.73. The first-order valence-electron chi connectivity index (χ1n) is 8.06. The molecule has 0 radical (unpaired) electrons. The minimum absolute atomic E-state index is 0. The molecule has 0 spiro atoms. The second kappa shape index (κ2) is 13.1. The predicted octanol–water partition coefficient (Wildman–Crippen LogP) is 6.04. The minimum Gasteiger partial charge on any atom is -0.498 e. The van der Waals surface area contributed by atoms with Crippen LogP contribution < -0.4 is 4.74 Å². The van der Waals surface area contributed by atoms with Gasteiger partial charge in [0.15, 0.2) is 0 Å². The normalized spacial score (nSPS) is 11.1. The van der Waals surface area contributed by atoms with Crippen LogP contribution in [0.15, 0.2) is 24.3 Å². The predicted molar refractivity (Wildman–Crippen MR) is 87.9 cm³/mol. The van der Waals surface area contributed by atoms with E-state index >= 15 is 0 Å². The molecule has 0 aromatic heterocycles. The van der Waals surface area contributed by atoms with Crippen molar-refractivity contribution in [1.82, 2.24) is 0 Å². The number of benzene rings is 1. The summed E-state index contributed by atoms with van der Waals surface area (Å²) < 4.78 is 5.33. The number of allylic oxidation sites excluding steroid dienone is 2. The van der Waals surface area contributed by atoms with Crippen molar-refractivity contribution >= 4 is 5.57 Å². The zero-order valence-corrected chi connectivity index (χ0v) is 17.0. The van der Waals surface area contributed by atoms with E-state index < -0.39 is 0 Å². The van der Waals surface area contributed by atoms with Crippen LogP contribution in [0.2, 0.25) is 0 Å². The molecule has 1 rings (SSSR count). The van der Waals surface area contributed by atoms with Crippen molar-refractivity contribution in [2.45, 2.75) is 65.2 Å². The van der Waals surface area contributed by atoms with E-state index in [1.54, 1.807) is 7.11 Å². The molecular weight excluding hydrogens is 310 g/mol. The molecular formula is C19H29OZn-. The third-order valence-electron chi connectivity index (χ3n) is 3.57. The van der Waals surface area contributed by atoms with Gasteiger partial charge >= 0.3 is 0 Å². The Hall–Kier alpha value is -0.617. The van der Waals surface area contributed by atoms with Gasteiger partial charge in [0, 0.05) is 19.5 Å². The average Bonchev–Trinajstić information content (AvgIpc) is 2.50. The molecule has 0 unspecified atom stereocenters. The molecule has 0 amide bonds. The molecule has 0 aliphatic carbocycles. The summed E-state index contributed by atoms with van der Waals surface area (Å²) in [5.41, 5.74) is 2.64. The van der Waals surface area contributed by atoms with Gasteiger partial charge in [-0.25, -0.2) is 5.57 Å². The molecule has 0 aliphatic rings. The standard InChI is InChI=1S/C19H29O.Zn/c1-4-6-8-10-13-17(12-9-7-5-2)18-14-11-15-19(16-18)20-3;/h11,14-16H,4-10,12H2,1-3H3;/q-1;. The second-order valence-corrected chi connectivity index (χ2v) is 5.30. The van der Waals surface area contributed by atoms with E-state index in [1.807, 2.05) is 6.07 Å². The zero-order chi connectivity index (χ0) is 14.6. The van der Waals surface area contributed by atoms with Crippen molar-refractivity contribution in [3.63, 3.8) is 0 Å². The van der Waals surface area contributed by atoms with E-state index in [2.05, 4.69) is 38.1 Å². The number of hydrogen-bond donors (Lipinski definition) is 0. The average molecular weight is 339 g/mol. The van der Waals surface area contributed by atoms with Gasteiger partial charge in [0.05, 0.1) is 7.11 Å². The Balaban J connectivity index is 0.00000400. The van der Waals surface area contributed by atoms with Crippen LogP contribution in [0.25, 0.3) is 5.57 Å². The topological polar surface area (TPSA) is 9.23 Å². The van der Waals surface area contributed by atoms with Crippen molar-refractivity contribution in [1.29, 1.82) is 0 Å². The summed E-state index contributed by atoms with van der Waals surface area (Å²) in [4.78, 5) is 0. The Morgan fingerprint density at radius 1 is 1.05 bits per heavy atom. The molecule has 114 valence electrons. The van der Waals surface area contributed by atoms with Gasteiger partial charge in [-0.3, -0.25) is 6.08 Å². The molecule has 0 fully saturated rings.